The molecule has 94 valence electrons. The van der Waals surface area contributed by atoms with Crippen molar-refractivity contribution >= 4 is 0 Å². The van der Waals surface area contributed by atoms with Crippen molar-refractivity contribution in [2.75, 3.05) is 6.54 Å². The Morgan fingerprint density at radius 2 is 1.62 bits per heavy atom. The zero-order valence-corrected chi connectivity index (χ0v) is 11.4. The van der Waals surface area contributed by atoms with Crippen molar-refractivity contribution in [2.24, 2.45) is 17.3 Å². The lowest BCUT2D eigenvalue weighted by atomic mass is 9.70. The van der Waals surface area contributed by atoms with Gasteiger partial charge in [0, 0.05) is 6.04 Å². The maximum atomic E-state index is 3.83. The fourth-order valence-electron chi connectivity index (χ4n) is 3.27. The lowest BCUT2D eigenvalue weighted by Crippen LogP contribution is -2.41. The van der Waals surface area contributed by atoms with Crippen molar-refractivity contribution in [2.45, 2.75) is 71.8 Å². The summed E-state index contributed by atoms with van der Waals surface area (Å²) in [5.74, 6) is 2.00. The Bertz CT molecular complexity index is 207. The minimum absolute atomic E-state index is 0.620. The molecule has 1 N–H and O–H groups in total. The van der Waals surface area contributed by atoms with Crippen LogP contribution in [0, 0.1) is 17.3 Å². The zero-order valence-electron chi connectivity index (χ0n) is 11.4. The molecule has 2 aliphatic carbocycles. The van der Waals surface area contributed by atoms with Gasteiger partial charge in [-0.3, -0.25) is 0 Å². The molecule has 0 heterocycles. The van der Waals surface area contributed by atoms with Gasteiger partial charge in [-0.25, -0.2) is 0 Å². The number of rotatable bonds is 5. The van der Waals surface area contributed by atoms with E-state index in [0.29, 0.717) is 5.41 Å². The van der Waals surface area contributed by atoms with Gasteiger partial charge < -0.3 is 5.32 Å². The molecule has 16 heavy (non-hydrogen) atoms. The Kier molecular flexibility index (Phi) is 3.94. The number of hydrogen-bond donors (Lipinski definition) is 1. The summed E-state index contributed by atoms with van der Waals surface area (Å²) in [6.45, 7) is 8.38. The molecule has 0 spiro atoms. The van der Waals surface area contributed by atoms with Gasteiger partial charge in [0.25, 0.3) is 0 Å². The third kappa shape index (κ3) is 3.23. The molecule has 0 amide bonds. The van der Waals surface area contributed by atoms with Crippen LogP contribution < -0.4 is 5.32 Å². The third-order valence-corrected chi connectivity index (χ3v) is 4.65. The fourth-order valence-corrected chi connectivity index (χ4v) is 3.27. The Morgan fingerprint density at radius 1 is 1.06 bits per heavy atom. The Balaban J connectivity index is 1.84. The van der Waals surface area contributed by atoms with Crippen LogP contribution >= 0.6 is 0 Å². The lowest BCUT2D eigenvalue weighted by molar-refractivity contribution is 0.153. The highest BCUT2D eigenvalue weighted by atomic mass is 14.9. The van der Waals surface area contributed by atoms with Gasteiger partial charge in [-0.1, -0.05) is 20.8 Å². The highest BCUT2D eigenvalue weighted by Crippen LogP contribution is 2.44. The molecule has 0 aromatic rings. The van der Waals surface area contributed by atoms with Gasteiger partial charge >= 0.3 is 0 Å². The average Bonchev–Trinajstić information content (AvgIpc) is 3.04. The Labute approximate surface area is 101 Å². The van der Waals surface area contributed by atoms with E-state index in [4.69, 9.17) is 0 Å². The van der Waals surface area contributed by atoms with E-state index in [1.165, 1.54) is 51.5 Å². The van der Waals surface area contributed by atoms with Crippen LogP contribution in [0.4, 0.5) is 0 Å². The number of nitrogens with one attached hydrogen (secondary N) is 1. The first-order chi connectivity index (χ1) is 7.62. The lowest BCUT2D eigenvalue weighted by Gasteiger charge is -2.38. The summed E-state index contributed by atoms with van der Waals surface area (Å²) in [4.78, 5) is 0. The average molecular weight is 223 g/mol. The molecule has 2 fully saturated rings. The molecular weight excluding hydrogens is 194 g/mol. The maximum absolute atomic E-state index is 3.83. The highest BCUT2D eigenvalue weighted by Gasteiger charge is 2.38. The first-order valence-electron chi connectivity index (χ1n) is 7.36. The van der Waals surface area contributed by atoms with E-state index < -0.39 is 0 Å². The summed E-state index contributed by atoms with van der Waals surface area (Å²) >= 11 is 0. The molecule has 2 rings (SSSR count). The van der Waals surface area contributed by atoms with Crippen molar-refractivity contribution in [3.05, 3.63) is 0 Å². The van der Waals surface area contributed by atoms with Gasteiger partial charge in [0.2, 0.25) is 0 Å². The first-order valence-corrected chi connectivity index (χ1v) is 7.36. The molecule has 1 nitrogen and oxygen atoms in total. The van der Waals surface area contributed by atoms with Crippen LogP contribution in [0.5, 0.6) is 0 Å². The molecule has 0 saturated heterocycles. The quantitative estimate of drug-likeness (QED) is 0.743. The second kappa shape index (κ2) is 5.08. The van der Waals surface area contributed by atoms with Crippen LogP contribution in [-0.4, -0.2) is 12.6 Å². The van der Waals surface area contributed by atoms with Crippen LogP contribution in [0.3, 0.4) is 0 Å². The molecule has 0 bridgehead atoms. The van der Waals surface area contributed by atoms with Crippen LogP contribution in [0.1, 0.15) is 65.7 Å². The zero-order chi connectivity index (χ0) is 11.6. The Morgan fingerprint density at radius 3 is 2.12 bits per heavy atom. The third-order valence-electron chi connectivity index (χ3n) is 4.65. The van der Waals surface area contributed by atoms with E-state index in [1.807, 2.05) is 0 Å². The summed E-state index contributed by atoms with van der Waals surface area (Å²) in [6.07, 6.45) is 10.1. The topological polar surface area (TPSA) is 12.0 Å². The van der Waals surface area contributed by atoms with Gasteiger partial charge in [-0.15, -0.1) is 0 Å². The molecule has 0 aromatic heterocycles. The fraction of sp³-hybridized carbons (Fsp3) is 1.00. The smallest absolute Gasteiger partial charge is 0.0124 e. The largest absolute Gasteiger partial charge is 0.313 e. The molecule has 0 radical (unpaired) electrons. The standard InChI is InChI=1S/C15H29N/c1-4-11-16-14(12-5-6-12)13-7-9-15(2,3)10-8-13/h12-14,16H,4-11H2,1-3H3. The summed E-state index contributed by atoms with van der Waals surface area (Å²) in [5.41, 5.74) is 0.620. The Hall–Kier alpha value is -0.0400. The van der Waals surface area contributed by atoms with E-state index in [9.17, 15) is 0 Å². The molecule has 1 unspecified atom stereocenters. The monoisotopic (exact) mass is 223 g/mol. The summed E-state index contributed by atoms with van der Waals surface area (Å²) < 4.78 is 0. The van der Waals surface area contributed by atoms with E-state index in [1.54, 1.807) is 0 Å². The number of hydrogen-bond acceptors (Lipinski definition) is 1. The molecular formula is C15H29N. The SMILES string of the molecule is CCCNC(C1CC1)C1CCC(C)(C)CC1. The van der Waals surface area contributed by atoms with Crippen LogP contribution in [0.2, 0.25) is 0 Å². The van der Waals surface area contributed by atoms with Crippen molar-refractivity contribution in [1.29, 1.82) is 0 Å². The molecule has 1 atom stereocenters. The first kappa shape index (κ1) is 12.4. The van der Waals surface area contributed by atoms with Gasteiger partial charge in [0.15, 0.2) is 0 Å². The predicted octanol–water partition coefficient (Wildman–Crippen LogP) is 3.98. The van der Waals surface area contributed by atoms with Crippen LogP contribution in [0.25, 0.3) is 0 Å². The van der Waals surface area contributed by atoms with Gasteiger partial charge in [0.1, 0.15) is 0 Å². The second-order valence-corrected chi connectivity index (χ2v) is 6.82. The normalized spacial score (nSPS) is 27.9. The minimum atomic E-state index is 0.620. The predicted molar refractivity (Wildman–Crippen MR) is 70.5 cm³/mol. The minimum Gasteiger partial charge on any atom is -0.313 e. The second-order valence-electron chi connectivity index (χ2n) is 6.82. The van der Waals surface area contributed by atoms with E-state index in [2.05, 4.69) is 26.1 Å². The van der Waals surface area contributed by atoms with E-state index in [0.717, 1.165) is 17.9 Å². The molecule has 2 aliphatic rings. The molecule has 1 heteroatoms. The van der Waals surface area contributed by atoms with E-state index >= 15 is 0 Å². The van der Waals surface area contributed by atoms with Crippen molar-refractivity contribution in [3.8, 4) is 0 Å². The molecule has 0 aliphatic heterocycles. The van der Waals surface area contributed by atoms with Gasteiger partial charge in [-0.05, 0) is 68.7 Å². The van der Waals surface area contributed by atoms with Crippen molar-refractivity contribution in [1.82, 2.24) is 5.32 Å². The molecule has 2 saturated carbocycles. The van der Waals surface area contributed by atoms with Gasteiger partial charge in [-0.2, -0.15) is 0 Å². The van der Waals surface area contributed by atoms with Crippen molar-refractivity contribution in [3.63, 3.8) is 0 Å². The molecule has 0 aromatic carbocycles. The van der Waals surface area contributed by atoms with Crippen molar-refractivity contribution < 1.29 is 0 Å². The highest BCUT2D eigenvalue weighted by molar-refractivity contribution is 4.93. The summed E-state index contributed by atoms with van der Waals surface area (Å²) in [6, 6.07) is 0.857. The van der Waals surface area contributed by atoms with Gasteiger partial charge in [0.05, 0.1) is 0 Å². The van der Waals surface area contributed by atoms with Crippen LogP contribution in [0.15, 0.2) is 0 Å². The van der Waals surface area contributed by atoms with Crippen LogP contribution in [-0.2, 0) is 0 Å². The summed E-state index contributed by atoms with van der Waals surface area (Å²) in [7, 11) is 0. The van der Waals surface area contributed by atoms with E-state index in [-0.39, 0.29) is 0 Å². The maximum Gasteiger partial charge on any atom is 0.0124 e. The summed E-state index contributed by atoms with van der Waals surface area (Å²) in [5, 5.41) is 3.83.